The smallest absolute Gasteiger partial charge is 0.325 e. The van der Waals surface area contributed by atoms with E-state index in [1.54, 1.807) is 20.8 Å². The molecule has 2 rings (SSSR count). The summed E-state index contributed by atoms with van der Waals surface area (Å²) in [6.45, 7) is 6.12. The highest BCUT2D eigenvalue weighted by Gasteiger charge is 2.49. The van der Waals surface area contributed by atoms with Gasteiger partial charge in [0, 0.05) is 0 Å². The lowest BCUT2D eigenvalue weighted by Gasteiger charge is -2.28. The quantitative estimate of drug-likeness (QED) is 0.779. The Labute approximate surface area is 151 Å². The first-order valence-electron chi connectivity index (χ1n) is 8.16. The van der Waals surface area contributed by atoms with Crippen molar-refractivity contribution in [3.05, 3.63) is 35.6 Å². The lowest BCUT2D eigenvalue weighted by atomic mass is 9.90. The van der Waals surface area contributed by atoms with E-state index >= 15 is 0 Å². The predicted molar refractivity (Wildman–Crippen MR) is 91.0 cm³/mol. The van der Waals surface area contributed by atoms with Crippen molar-refractivity contribution in [3.63, 3.8) is 0 Å². The first-order chi connectivity index (χ1) is 12.0. The fourth-order valence-electron chi connectivity index (χ4n) is 2.59. The number of nitrogens with one attached hydrogen (secondary N) is 2. The van der Waals surface area contributed by atoms with Gasteiger partial charge in [0.25, 0.3) is 5.91 Å². The second-order valence-corrected chi connectivity index (χ2v) is 6.97. The van der Waals surface area contributed by atoms with Crippen molar-refractivity contribution in [1.29, 1.82) is 5.26 Å². The Bertz CT molecular complexity index is 787. The van der Waals surface area contributed by atoms with Gasteiger partial charge >= 0.3 is 6.03 Å². The van der Waals surface area contributed by atoms with Crippen LogP contribution in [0.1, 0.15) is 33.3 Å². The van der Waals surface area contributed by atoms with Gasteiger partial charge < -0.3 is 10.6 Å². The number of imide groups is 1. The SMILES string of the molecule is CC(C)[C@](C)(C#N)NC(=O)CN1C(=O)N[C@](C)(c2ccc(F)cc2)C1=O. The third-order valence-corrected chi connectivity index (χ3v) is 4.78. The topological polar surface area (TPSA) is 102 Å². The maximum Gasteiger partial charge on any atom is 0.325 e. The molecule has 2 N–H and O–H groups in total. The Balaban J connectivity index is 2.18. The van der Waals surface area contributed by atoms with Gasteiger partial charge in [0.2, 0.25) is 5.91 Å². The van der Waals surface area contributed by atoms with E-state index in [0.717, 1.165) is 4.90 Å². The van der Waals surface area contributed by atoms with Gasteiger partial charge in [-0.3, -0.25) is 14.5 Å². The number of rotatable bonds is 5. The molecular weight excluding hydrogens is 339 g/mol. The number of nitriles is 1. The minimum absolute atomic E-state index is 0.163. The zero-order valence-electron chi connectivity index (χ0n) is 15.1. The zero-order valence-corrected chi connectivity index (χ0v) is 15.1. The molecule has 4 amide bonds. The minimum atomic E-state index is -1.39. The van der Waals surface area contributed by atoms with Crippen molar-refractivity contribution in [2.75, 3.05) is 6.54 Å². The van der Waals surface area contributed by atoms with Crippen LogP contribution in [0.4, 0.5) is 9.18 Å². The average molecular weight is 360 g/mol. The highest BCUT2D eigenvalue weighted by Crippen LogP contribution is 2.28. The molecule has 1 heterocycles. The first kappa shape index (κ1) is 19.4. The highest BCUT2D eigenvalue weighted by molar-refractivity contribution is 6.09. The number of halogens is 1. The number of carbonyl (C=O) groups excluding carboxylic acids is 3. The normalized spacial score (nSPS) is 22.0. The highest BCUT2D eigenvalue weighted by atomic mass is 19.1. The molecule has 2 atom stereocenters. The van der Waals surface area contributed by atoms with E-state index < -0.39 is 41.3 Å². The molecule has 0 aliphatic carbocycles. The fraction of sp³-hybridized carbons (Fsp3) is 0.444. The van der Waals surface area contributed by atoms with Crippen LogP contribution < -0.4 is 10.6 Å². The van der Waals surface area contributed by atoms with Crippen molar-refractivity contribution < 1.29 is 18.8 Å². The van der Waals surface area contributed by atoms with Crippen LogP contribution in [0.25, 0.3) is 0 Å². The summed E-state index contributed by atoms with van der Waals surface area (Å²) < 4.78 is 13.1. The molecule has 0 radical (unpaired) electrons. The number of nitrogens with zero attached hydrogens (tertiary/aromatic N) is 2. The van der Waals surface area contributed by atoms with Crippen LogP contribution in [0.15, 0.2) is 24.3 Å². The number of hydrogen-bond acceptors (Lipinski definition) is 4. The van der Waals surface area contributed by atoms with Crippen LogP contribution in [0.3, 0.4) is 0 Å². The van der Waals surface area contributed by atoms with Gasteiger partial charge in [-0.05, 0) is 37.5 Å². The molecule has 138 valence electrons. The molecular formula is C18H21FN4O3. The van der Waals surface area contributed by atoms with Gasteiger partial charge in [-0.1, -0.05) is 26.0 Å². The Morgan fingerprint density at radius 3 is 2.46 bits per heavy atom. The molecule has 0 saturated carbocycles. The predicted octanol–water partition coefficient (Wildman–Crippen LogP) is 1.65. The van der Waals surface area contributed by atoms with Gasteiger partial charge in [-0.2, -0.15) is 5.26 Å². The van der Waals surface area contributed by atoms with E-state index in [0.29, 0.717) is 5.56 Å². The minimum Gasteiger partial charge on any atom is -0.336 e. The summed E-state index contributed by atoms with van der Waals surface area (Å²) in [5.74, 6) is -1.86. The second kappa shape index (κ2) is 6.75. The molecule has 0 aromatic heterocycles. The van der Waals surface area contributed by atoms with E-state index in [9.17, 15) is 24.0 Å². The molecule has 1 saturated heterocycles. The van der Waals surface area contributed by atoms with Crippen LogP contribution in [0.5, 0.6) is 0 Å². The molecule has 7 nitrogen and oxygen atoms in total. The Kier molecular flexibility index (Phi) is 5.03. The molecule has 1 aromatic rings. The largest absolute Gasteiger partial charge is 0.336 e. The summed E-state index contributed by atoms with van der Waals surface area (Å²) in [5, 5.41) is 14.4. The fourth-order valence-corrected chi connectivity index (χ4v) is 2.59. The third-order valence-electron chi connectivity index (χ3n) is 4.78. The van der Waals surface area contributed by atoms with Gasteiger partial charge in [-0.15, -0.1) is 0 Å². The van der Waals surface area contributed by atoms with E-state index in [2.05, 4.69) is 10.6 Å². The van der Waals surface area contributed by atoms with Gasteiger partial charge in [0.1, 0.15) is 23.4 Å². The number of amides is 4. The van der Waals surface area contributed by atoms with Crippen molar-refractivity contribution >= 4 is 17.8 Å². The maximum atomic E-state index is 13.1. The van der Waals surface area contributed by atoms with Crippen LogP contribution in [0, 0.1) is 23.1 Å². The summed E-state index contributed by atoms with van der Waals surface area (Å²) in [7, 11) is 0. The van der Waals surface area contributed by atoms with Gasteiger partial charge in [0.05, 0.1) is 6.07 Å². The van der Waals surface area contributed by atoms with Crippen molar-refractivity contribution in [3.8, 4) is 6.07 Å². The van der Waals surface area contributed by atoms with Crippen LogP contribution in [-0.2, 0) is 15.1 Å². The number of carbonyl (C=O) groups is 3. The molecule has 1 aliphatic heterocycles. The summed E-state index contributed by atoms with van der Waals surface area (Å²) in [6.07, 6.45) is 0. The molecule has 1 aliphatic rings. The second-order valence-electron chi connectivity index (χ2n) is 6.97. The number of benzene rings is 1. The number of hydrogen-bond donors (Lipinski definition) is 2. The van der Waals surface area contributed by atoms with E-state index in [1.165, 1.54) is 31.2 Å². The third kappa shape index (κ3) is 3.38. The molecule has 1 fully saturated rings. The summed E-state index contributed by atoms with van der Waals surface area (Å²) in [4.78, 5) is 38.0. The Morgan fingerprint density at radius 1 is 1.38 bits per heavy atom. The monoisotopic (exact) mass is 360 g/mol. The van der Waals surface area contributed by atoms with Crippen molar-refractivity contribution in [2.45, 2.75) is 38.8 Å². The van der Waals surface area contributed by atoms with Crippen LogP contribution in [0.2, 0.25) is 0 Å². The molecule has 0 bridgehead atoms. The van der Waals surface area contributed by atoms with Gasteiger partial charge in [-0.25, -0.2) is 9.18 Å². The van der Waals surface area contributed by atoms with E-state index in [4.69, 9.17) is 0 Å². The van der Waals surface area contributed by atoms with Gasteiger partial charge in [0.15, 0.2) is 0 Å². The molecule has 1 aromatic carbocycles. The van der Waals surface area contributed by atoms with Crippen molar-refractivity contribution in [1.82, 2.24) is 15.5 Å². The molecule has 26 heavy (non-hydrogen) atoms. The van der Waals surface area contributed by atoms with Crippen LogP contribution in [-0.4, -0.2) is 34.8 Å². The Hall–Kier alpha value is -2.95. The zero-order chi connectivity index (χ0) is 19.7. The summed E-state index contributed by atoms with van der Waals surface area (Å²) >= 11 is 0. The first-order valence-corrected chi connectivity index (χ1v) is 8.16. The van der Waals surface area contributed by atoms with E-state index in [1.807, 2.05) is 6.07 Å². The molecule has 0 unspecified atom stereocenters. The maximum absolute atomic E-state index is 13.1. The van der Waals surface area contributed by atoms with Crippen LogP contribution >= 0.6 is 0 Å². The summed E-state index contributed by atoms with van der Waals surface area (Å²) in [5.41, 5.74) is -2.10. The van der Waals surface area contributed by atoms with Crippen molar-refractivity contribution in [2.24, 2.45) is 5.92 Å². The average Bonchev–Trinajstić information content (AvgIpc) is 2.79. The lowest BCUT2D eigenvalue weighted by molar-refractivity contribution is -0.135. The van der Waals surface area contributed by atoms with E-state index in [-0.39, 0.29) is 5.92 Å². The standard InChI is InChI=1S/C18H21FN4O3/c1-11(2)17(3,10-20)21-14(24)9-23-15(25)18(4,22-16(23)26)12-5-7-13(19)8-6-12/h5-8,11H,9H2,1-4H3,(H,21,24)(H,22,26)/t17-,18+/m0/s1. The molecule has 0 spiro atoms. The number of urea groups is 1. The lowest BCUT2D eigenvalue weighted by Crippen LogP contribution is -2.52. The Morgan fingerprint density at radius 2 is 1.96 bits per heavy atom. The molecule has 8 heteroatoms. The summed E-state index contributed by atoms with van der Waals surface area (Å²) in [6, 6.07) is 6.50.